The first-order chi connectivity index (χ1) is 17.1. The van der Waals surface area contributed by atoms with Crippen molar-refractivity contribution in [3.05, 3.63) is 89.0 Å². The number of hydrogen-bond acceptors (Lipinski definition) is 5. The van der Waals surface area contributed by atoms with Crippen LogP contribution in [0, 0.1) is 18.3 Å². The summed E-state index contributed by atoms with van der Waals surface area (Å²) in [5, 5.41) is 9.68. The fourth-order valence-electron chi connectivity index (χ4n) is 4.04. The quantitative estimate of drug-likeness (QED) is 0.241. The summed E-state index contributed by atoms with van der Waals surface area (Å²) in [6.07, 6.45) is 3.09. The van der Waals surface area contributed by atoms with Crippen molar-refractivity contribution in [2.75, 3.05) is 31.8 Å². The Bertz CT molecular complexity index is 1280. The molecule has 0 bridgehead atoms. The topological polar surface area (TPSA) is 71.8 Å². The molecule has 35 heavy (non-hydrogen) atoms. The zero-order chi connectivity index (χ0) is 24.6. The van der Waals surface area contributed by atoms with Crippen molar-refractivity contribution in [3.8, 4) is 23.3 Å². The van der Waals surface area contributed by atoms with Crippen molar-refractivity contribution in [3.63, 3.8) is 0 Å². The number of benzene rings is 3. The van der Waals surface area contributed by atoms with Crippen LogP contribution in [0.2, 0.25) is 0 Å². The number of aryl methyl sites for hydroxylation is 1. The van der Waals surface area contributed by atoms with Gasteiger partial charge in [0.1, 0.15) is 17.4 Å². The number of nitrogens with zero attached hydrogens (tertiary/aromatic N) is 2. The van der Waals surface area contributed by atoms with E-state index in [0.717, 1.165) is 29.0 Å². The minimum atomic E-state index is -0.301. The maximum atomic E-state index is 13.1. The summed E-state index contributed by atoms with van der Waals surface area (Å²) in [7, 11) is 1.56. The number of anilines is 1. The third-order valence-electron chi connectivity index (χ3n) is 5.88. The lowest BCUT2D eigenvalue weighted by Gasteiger charge is -2.16. The zero-order valence-electron chi connectivity index (χ0n) is 20.0. The van der Waals surface area contributed by atoms with E-state index in [0.29, 0.717) is 43.2 Å². The molecule has 0 atom stereocenters. The van der Waals surface area contributed by atoms with E-state index in [-0.39, 0.29) is 11.5 Å². The molecule has 6 nitrogen and oxygen atoms in total. The summed E-state index contributed by atoms with van der Waals surface area (Å²) in [6.45, 7) is 3.60. The number of hydrogen-bond donors (Lipinski definition) is 0. The molecule has 178 valence electrons. The lowest BCUT2D eigenvalue weighted by atomic mass is 10.1. The maximum Gasteiger partial charge on any atom is 0.268 e. The monoisotopic (exact) mass is 468 g/mol. The molecule has 0 aromatic heterocycles. The average molecular weight is 469 g/mol. The van der Waals surface area contributed by atoms with E-state index < -0.39 is 0 Å². The van der Waals surface area contributed by atoms with Gasteiger partial charge in [-0.15, -0.1) is 0 Å². The second-order valence-electron chi connectivity index (χ2n) is 8.23. The summed E-state index contributed by atoms with van der Waals surface area (Å²) < 4.78 is 17.2. The Morgan fingerprint density at radius 2 is 1.74 bits per heavy atom. The van der Waals surface area contributed by atoms with Crippen molar-refractivity contribution in [1.82, 2.24) is 0 Å². The fourth-order valence-corrected chi connectivity index (χ4v) is 4.04. The fraction of sp³-hybridized carbons (Fsp3) is 0.241. The summed E-state index contributed by atoms with van der Waals surface area (Å²) >= 11 is 0. The third kappa shape index (κ3) is 5.64. The van der Waals surface area contributed by atoms with Crippen LogP contribution in [0.15, 0.2) is 72.3 Å². The second-order valence-corrected chi connectivity index (χ2v) is 8.23. The number of fused-ring (bicyclic) bond motifs is 1. The summed E-state index contributed by atoms with van der Waals surface area (Å²) in [6, 6.07) is 23.1. The van der Waals surface area contributed by atoms with E-state index in [4.69, 9.17) is 14.2 Å². The van der Waals surface area contributed by atoms with Gasteiger partial charge < -0.3 is 19.1 Å². The van der Waals surface area contributed by atoms with Gasteiger partial charge in [-0.1, -0.05) is 42.5 Å². The number of amides is 1. The molecule has 6 heteroatoms. The third-order valence-corrected chi connectivity index (χ3v) is 5.88. The molecule has 0 spiro atoms. The molecule has 3 aromatic carbocycles. The van der Waals surface area contributed by atoms with Crippen LogP contribution in [0.3, 0.4) is 0 Å². The number of para-hydroxylation sites is 2. The van der Waals surface area contributed by atoms with Crippen LogP contribution in [-0.2, 0) is 11.2 Å². The lowest BCUT2D eigenvalue weighted by Crippen LogP contribution is -2.29. The maximum absolute atomic E-state index is 13.1. The molecule has 0 unspecified atom stereocenters. The van der Waals surface area contributed by atoms with E-state index >= 15 is 0 Å². The molecule has 0 N–H and O–H groups in total. The molecule has 0 aliphatic carbocycles. The summed E-state index contributed by atoms with van der Waals surface area (Å²) in [4.78, 5) is 14.7. The van der Waals surface area contributed by atoms with Gasteiger partial charge in [0.05, 0.1) is 20.3 Å². The van der Waals surface area contributed by atoms with E-state index in [1.807, 2.05) is 61.5 Å². The molecule has 4 rings (SSSR count). The smallest absolute Gasteiger partial charge is 0.268 e. The summed E-state index contributed by atoms with van der Waals surface area (Å²) in [5.74, 6) is 1.71. The number of methoxy groups -OCH3 is 1. The van der Waals surface area contributed by atoms with Gasteiger partial charge in [0.2, 0.25) is 0 Å². The Kier molecular flexibility index (Phi) is 7.69. The number of carbonyl (C=O) groups is 1. The van der Waals surface area contributed by atoms with Crippen molar-refractivity contribution in [1.29, 1.82) is 5.26 Å². The highest BCUT2D eigenvalue weighted by Gasteiger charge is 2.26. The van der Waals surface area contributed by atoms with Crippen molar-refractivity contribution in [2.45, 2.75) is 19.8 Å². The van der Waals surface area contributed by atoms with Crippen LogP contribution >= 0.6 is 0 Å². The molecule has 0 fully saturated rings. The molecule has 1 heterocycles. The van der Waals surface area contributed by atoms with Crippen LogP contribution in [-0.4, -0.2) is 32.8 Å². The first-order valence-corrected chi connectivity index (χ1v) is 11.6. The molecule has 0 saturated heterocycles. The molecular formula is C29H28N2O4. The molecule has 1 aliphatic rings. The Labute approximate surface area is 206 Å². The van der Waals surface area contributed by atoms with Gasteiger partial charge in [-0.25, -0.2) is 0 Å². The standard InChI is InChI=1S/C29H28N2O4/c1-21-8-3-6-11-26(21)34-16-7-17-35-27-13-12-22(19-28(27)33-2)18-24(20-30)29(32)31-15-14-23-9-4-5-10-25(23)31/h3-6,8-13,18-19H,7,14-17H2,1-2H3. The number of carbonyl (C=O) groups excluding carboxylic acids is 1. The Balaban J connectivity index is 1.38. The highest BCUT2D eigenvalue weighted by molar-refractivity contribution is 6.12. The van der Waals surface area contributed by atoms with E-state index in [2.05, 4.69) is 6.07 Å². The lowest BCUT2D eigenvalue weighted by molar-refractivity contribution is -0.114. The SMILES string of the molecule is COc1cc(C=C(C#N)C(=O)N2CCc3ccccc32)ccc1OCCCOc1ccccc1C. The first-order valence-electron chi connectivity index (χ1n) is 11.6. The largest absolute Gasteiger partial charge is 0.493 e. The van der Waals surface area contributed by atoms with E-state index in [1.165, 1.54) is 0 Å². The first kappa shape index (κ1) is 23.9. The second kappa shape index (κ2) is 11.3. The van der Waals surface area contributed by atoms with Gasteiger partial charge in [0.25, 0.3) is 5.91 Å². The Morgan fingerprint density at radius 1 is 1.00 bits per heavy atom. The normalized spacial score (nSPS) is 12.6. The van der Waals surface area contributed by atoms with E-state index in [9.17, 15) is 10.1 Å². The minimum Gasteiger partial charge on any atom is -0.493 e. The van der Waals surface area contributed by atoms with Gasteiger partial charge in [0, 0.05) is 18.7 Å². The molecule has 1 amide bonds. The Hall–Kier alpha value is -4.24. The molecular weight excluding hydrogens is 440 g/mol. The number of ether oxygens (including phenoxy) is 3. The number of nitriles is 1. The van der Waals surface area contributed by atoms with Gasteiger partial charge in [0.15, 0.2) is 11.5 Å². The van der Waals surface area contributed by atoms with E-state index in [1.54, 1.807) is 30.2 Å². The number of rotatable bonds is 9. The molecule has 1 aliphatic heterocycles. The summed E-state index contributed by atoms with van der Waals surface area (Å²) in [5.41, 5.74) is 3.85. The highest BCUT2D eigenvalue weighted by Crippen LogP contribution is 2.31. The van der Waals surface area contributed by atoms with Crippen LogP contribution in [0.4, 0.5) is 5.69 Å². The zero-order valence-corrected chi connectivity index (χ0v) is 20.0. The van der Waals surface area contributed by atoms with Crippen LogP contribution in [0.25, 0.3) is 6.08 Å². The average Bonchev–Trinajstić information content (AvgIpc) is 3.32. The minimum absolute atomic E-state index is 0.0748. The predicted octanol–water partition coefficient (Wildman–Crippen LogP) is 5.35. The van der Waals surface area contributed by atoms with Gasteiger partial charge in [-0.3, -0.25) is 4.79 Å². The molecule has 0 saturated carbocycles. The van der Waals surface area contributed by atoms with Crippen molar-refractivity contribution >= 4 is 17.7 Å². The van der Waals surface area contributed by atoms with Gasteiger partial charge in [-0.2, -0.15) is 5.26 Å². The van der Waals surface area contributed by atoms with Gasteiger partial charge >= 0.3 is 0 Å². The highest BCUT2D eigenvalue weighted by atomic mass is 16.5. The van der Waals surface area contributed by atoms with Crippen molar-refractivity contribution < 1.29 is 19.0 Å². The van der Waals surface area contributed by atoms with Crippen LogP contribution < -0.4 is 19.1 Å². The van der Waals surface area contributed by atoms with Crippen LogP contribution in [0.5, 0.6) is 17.2 Å². The van der Waals surface area contributed by atoms with Gasteiger partial charge in [-0.05, 0) is 60.4 Å². The van der Waals surface area contributed by atoms with Crippen LogP contribution in [0.1, 0.15) is 23.1 Å². The van der Waals surface area contributed by atoms with Crippen molar-refractivity contribution in [2.24, 2.45) is 0 Å². The predicted molar refractivity (Wildman–Crippen MR) is 136 cm³/mol. The Morgan fingerprint density at radius 3 is 2.51 bits per heavy atom. The molecule has 0 radical (unpaired) electrons. The molecule has 3 aromatic rings.